The second-order valence-corrected chi connectivity index (χ2v) is 4.48. The first-order valence-corrected chi connectivity index (χ1v) is 6.43. The highest BCUT2D eigenvalue weighted by Gasteiger charge is 2.13. The number of nitrogens with two attached hydrogens (primary N) is 1. The Labute approximate surface area is 114 Å². The monoisotopic (exact) mass is 265 g/mol. The van der Waals surface area contributed by atoms with Crippen LogP contribution >= 0.6 is 0 Å². The van der Waals surface area contributed by atoms with Crippen molar-refractivity contribution < 1.29 is 9.53 Å². The van der Waals surface area contributed by atoms with Crippen LogP contribution in [-0.4, -0.2) is 51.2 Å². The molecule has 0 saturated carbocycles. The molecule has 0 aliphatic heterocycles. The zero-order valence-electron chi connectivity index (χ0n) is 11.9. The lowest BCUT2D eigenvalue weighted by molar-refractivity contribution is -0.119. The Kier molecular flexibility index (Phi) is 6.32. The smallest absolute Gasteiger partial charge is 0.240 e. The van der Waals surface area contributed by atoms with Crippen LogP contribution in [0.2, 0.25) is 0 Å². The first-order chi connectivity index (χ1) is 9.04. The summed E-state index contributed by atoms with van der Waals surface area (Å²) in [5.41, 5.74) is 7.16. The van der Waals surface area contributed by atoms with Crippen LogP contribution < -0.4 is 10.6 Å². The predicted molar refractivity (Wildman–Crippen MR) is 78.3 cm³/mol. The first kappa shape index (κ1) is 15.5. The van der Waals surface area contributed by atoms with E-state index in [0.29, 0.717) is 25.4 Å². The number of rotatable bonds is 7. The van der Waals surface area contributed by atoms with Crippen molar-refractivity contribution >= 4 is 17.3 Å². The van der Waals surface area contributed by atoms with Crippen LogP contribution in [-0.2, 0) is 9.53 Å². The third kappa shape index (κ3) is 5.28. The van der Waals surface area contributed by atoms with Gasteiger partial charge in [-0.1, -0.05) is 0 Å². The fraction of sp³-hybridized carbons (Fsp3) is 0.500. The fourth-order valence-electron chi connectivity index (χ4n) is 1.62. The zero-order valence-corrected chi connectivity index (χ0v) is 11.9. The Morgan fingerprint density at radius 2 is 1.89 bits per heavy atom. The van der Waals surface area contributed by atoms with Gasteiger partial charge in [0.2, 0.25) is 5.91 Å². The molecule has 19 heavy (non-hydrogen) atoms. The molecule has 0 heterocycles. The molecule has 5 heteroatoms. The minimum absolute atomic E-state index is 0.0452. The summed E-state index contributed by atoms with van der Waals surface area (Å²) in [6.07, 6.45) is 0. The molecule has 0 fully saturated rings. The van der Waals surface area contributed by atoms with E-state index in [1.807, 2.05) is 31.0 Å². The summed E-state index contributed by atoms with van der Waals surface area (Å²) >= 11 is 0. The van der Waals surface area contributed by atoms with Crippen molar-refractivity contribution in [1.82, 2.24) is 4.90 Å². The molecular formula is C14H23N3O2. The van der Waals surface area contributed by atoms with E-state index in [0.717, 1.165) is 12.2 Å². The Morgan fingerprint density at radius 3 is 2.47 bits per heavy atom. The minimum atomic E-state index is 0.0452. The van der Waals surface area contributed by atoms with Crippen LogP contribution in [0.25, 0.3) is 0 Å². The van der Waals surface area contributed by atoms with E-state index in [2.05, 4.69) is 0 Å². The van der Waals surface area contributed by atoms with Crippen molar-refractivity contribution in [2.24, 2.45) is 0 Å². The highest BCUT2D eigenvalue weighted by molar-refractivity contribution is 5.94. The average molecular weight is 265 g/mol. The lowest BCUT2D eigenvalue weighted by Gasteiger charge is -2.22. The molecule has 0 aliphatic rings. The normalized spacial score (nSPS) is 10.7. The molecule has 1 rings (SSSR count). The molecule has 0 radical (unpaired) electrons. The second kappa shape index (κ2) is 7.76. The standard InChI is InChI=1S/C14H23N3O2/c1-4-19-10-9-16(2)11-14(18)17(3)13-7-5-12(15)6-8-13/h5-8H,4,9-11,15H2,1-3H3. The molecule has 1 amide bonds. The summed E-state index contributed by atoms with van der Waals surface area (Å²) in [7, 11) is 3.68. The number of anilines is 2. The van der Waals surface area contributed by atoms with Crippen LogP contribution in [0.4, 0.5) is 11.4 Å². The molecular weight excluding hydrogens is 242 g/mol. The van der Waals surface area contributed by atoms with E-state index in [1.165, 1.54) is 0 Å². The topological polar surface area (TPSA) is 58.8 Å². The summed E-state index contributed by atoms with van der Waals surface area (Å²) in [5.74, 6) is 0.0452. The largest absolute Gasteiger partial charge is 0.399 e. The summed E-state index contributed by atoms with van der Waals surface area (Å²) in [6, 6.07) is 7.26. The van der Waals surface area contributed by atoms with Crippen molar-refractivity contribution in [2.45, 2.75) is 6.92 Å². The summed E-state index contributed by atoms with van der Waals surface area (Å²) < 4.78 is 5.26. The van der Waals surface area contributed by atoms with Crippen molar-refractivity contribution in [3.8, 4) is 0 Å². The van der Waals surface area contributed by atoms with Gasteiger partial charge >= 0.3 is 0 Å². The van der Waals surface area contributed by atoms with Gasteiger partial charge in [0, 0.05) is 31.6 Å². The summed E-state index contributed by atoms with van der Waals surface area (Å²) in [5, 5.41) is 0. The van der Waals surface area contributed by atoms with Gasteiger partial charge in [-0.15, -0.1) is 0 Å². The zero-order chi connectivity index (χ0) is 14.3. The molecule has 106 valence electrons. The number of carbonyl (C=O) groups is 1. The Morgan fingerprint density at radius 1 is 1.26 bits per heavy atom. The number of amides is 1. The van der Waals surface area contributed by atoms with Crippen molar-refractivity contribution in [3.63, 3.8) is 0 Å². The van der Waals surface area contributed by atoms with E-state index in [-0.39, 0.29) is 5.91 Å². The lowest BCUT2D eigenvalue weighted by atomic mass is 10.2. The van der Waals surface area contributed by atoms with E-state index < -0.39 is 0 Å². The molecule has 0 unspecified atom stereocenters. The van der Waals surface area contributed by atoms with E-state index in [9.17, 15) is 4.79 Å². The van der Waals surface area contributed by atoms with Crippen molar-refractivity contribution in [2.75, 3.05) is 51.0 Å². The molecule has 0 aliphatic carbocycles. The van der Waals surface area contributed by atoms with Gasteiger partial charge in [-0.25, -0.2) is 0 Å². The molecule has 0 aromatic heterocycles. The summed E-state index contributed by atoms with van der Waals surface area (Å²) in [4.78, 5) is 15.7. The van der Waals surface area contributed by atoms with E-state index >= 15 is 0 Å². The third-order valence-corrected chi connectivity index (χ3v) is 2.88. The van der Waals surface area contributed by atoms with Gasteiger partial charge in [0.05, 0.1) is 13.2 Å². The molecule has 1 aromatic carbocycles. The van der Waals surface area contributed by atoms with Gasteiger partial charge in [-0.05, 0) is 38.2 Å². The number of hydrogen-bond acceptors (Lipinski definition) is 4. The number of benzene rings is 1. The highest BCUT2D eigenvalue weighted by Crippen LogP contribution is 2.14. The number of nitrogen functional groups attached to an aromatic ring is 1. The molecule has 0 atom stereocenters. The SMILES string of the molecule is CCOCCN(C)CC(=O)N(C)c1ccc(N)cc1. The predicted octanol–water partition coefficient (Wildman–Crippen LogP) is 1.20. The minimum Gasteiger partial charge on any atom is -0.399 e. The van der Waals surface area contributed by atoms with Crippen LogP contribution in [0.5, 0.6) is 0 Å². The first-order valence-electron chi connectivity index (χ1n) is 6.43. The maximum Gasteiger partial charge on any atom is 0.240 e. The van der Waals surface area contributed by atoms with Gasteiger partial charge in [0.1, 0.15) is 0 Å². The second-order valence-electron chi connectivity index (χ2n) is 4.48. The maximum absolute atomic E-state index is 12.1. The molecule has 2 N–H and O–H groups in total. The third-order valence-electron chi connectivity index (χ3n) is 2.88. The number of nitrogens with zero attached hydrogens (tertiary/aromatic N) is 2. The van der Waals surface area contributed by atoms with Crippen LogP contribution in [0.1, 0.15) is 6.92 Å². The molecule has 0 spiro atoms. The fourth-order valence-corrected chi connectivity index (χ4v) is 1.62. The Balaban J connectivity index is 2.46. The molecule has 0 saturated heterocycles. The number of likely N-dealkylation sites (N-methyl/N-ethyl adjacent to an activating group) is 2. The maximum atomic E-state index is 12.1. The van der Waals surface area contributed by atoms with Gasteiger partial charge in [0.25, 0.3) is 0 Å². The Hall–Kier alpha value is -1.59. The molecule has 1 aromatic rings. The highest BCUT2D eigenvalue weighted by atomic mass is 16.5. The average Bonchev–Trinajstić information content (AvgIpc) is 2.39. The Bertz CT molecular complexity index is 392. The van der Waals surface area contributed by atoms with Crippen molar-refractivity contribution in [3.05, 3.63) is 24.3 Å². The molecule has 5 nitrogen and oxygen atoms in total. The van der Waals surface area contributed by atoms with Crippen molar-refractivity contribution in [1.29, 1.82) is 0 Å². The molecule has 0 bridgehead atoms. The van der Waals surface area contributed by atoms with Gasteiger partial charge in [-0.2, -0.15) is 0 Å². The van der Waals surface area contributed by atoms with E-state index in [1.54, 1.807) is 24.1 Å². The van der Waals surface area contributed by atoms with Gasteiger partial charge < -0.3 is 15.4 Å². The quantitative estimate of drug-likeness (QED) is 0.594. The van der Waals surface area contributed by atoms with Crippen LogP contribution in [0.3, 0.4) is 0 Å². The van der Waals surface area contributed by atoms with Gasteiger partial charge in [0.15, 0.2) is 0 Å². The van der Waals surface area contributed by atoms with Crippen LogP contribution in [0.15, 0.2) is 24.3 Å². The summed E-state index contributed by atoms with van der Waals surface area (Å²) in [6.45, 7) is 4.42. The number of ether oxygens (including phenoxy) is 1. The van der Waals surface area contributed by atoms with Crippen LogP contribution in [0, 0.1) is 0 Å². The number of carbonyl (C=O) groups excluding carboxylic acids is 1. The van der Waals surface area contributed by atoms with E-state index in [4.69, 9.17) is 10.5 Å². The van der Waals surface area contributed by atoms with Gasteiger partial charge in [-0.3, -0.25) is 9.69 Å². The number of hydrogen-bond donors (Lipinski definition) is 1. The lowest BCUT2D eigenvalue weighted by Crippen LogP contribution is -2.37.